The molecule has 1 aliphatic rings. The van der Waals surface area contributed by atoms with Crippen molar-refractivity contribution in [3.8, 4) is 11.1 Å². The molecule has 0 fully saturated rings. The molecule has 2 nitrogen and oxygen atoms in total. The van der Waals surface area contributed by atoms with Crippen LogP contribution < -0.4 is 5.32 Å². The average Bonchev–Trinajstić information content (AvgIpc) is 3.13. The number of hydrogen-bond acceptors (Lipinski definition) is 2. The Labute approximate surface area is 133 Å². The van der Waals surface area contributed by atoms with Gasteiger partial charge in [0.25, 0.3) is 0 Å². The van der Waals surface area contributed by atoms with E-state index in [1.54, 1.807) is 11.3 Å². The van der Waals surface area contributed by atoms with E-state index in [0.29, 0.717) is 6.42 Å². The molecule has 1 amide bonds. The van der Waals surface area contributed by atoms with Crippen molar-refractivity contribution in [2.75, 3.05) is 5.32 Å². The summed E-state index contributed by atoms with van der Waals surface area (Å²) in [6.45, 7) is 0. The summed E-state index contributed by atoms with van der Waals surface area (Å²) < 4.78 is 0. The molecule has 0 aliphatic heterocycles. The van der Waals surface area contributed by atoms with Crippen LogP contribution in [0.2, 0.25) is 0 Å². The third-order valence-electron chi connectivity index (χ3n) is 3.99. The van der Waals surface area contributed by atoms with E-state index in [4.69, 9.17) is 0 Å². The summed E-state index contributed by atoms with van der Waals surface area (Å²) in [5, 5.41) is 5.00. The second-order valence-corrected chi connectivity index (χ2v) is 6.54. The Morgan fingerprint density at radius 3 is 2.73 bits per heavy atom. The summed E-state index contributed by atoms with van der Waals surface area (Å²) in [7, 11) is 0. The number of thiophene rings is 1. The maximum atomic E-state index is 12.1. The van der Waals surface area contributed by atoms with Crippen LogP contribution in [-0.2, 0) is 17.6 Å². The Bertz CT molecular complexity index is 836. The van der Waals surface area contributed by atoms with Crippen molar-refractivity contribution in [2.45, 2.75) is 12.8 Å². The van der Waals surface area contributed by atoms with Crippen LogP contribution >= 0.6 is 11.3 Å². The molecule has 0 spiro atoms. The van der Waals surface area contributed by atoms with Crippen LogP contribution in [0.25, 0.3) is 11.1 Å². The van der Waals surface area contributed by atoms with Gasteiger partial charge in [-0.2, -0.15) is 0 Å². The van der Waals surface area contributed by atoms with E-state index in [9.17, 15) is 4.79 Å². The average molecular weight is 305 g/mol. The monoisotopic (exact) mass is 305 g/mol. The normalized spacial score (nSPS) is 11.8. The minimum Gasteiger partial charge on any atom is -0.326 e. The van der Waals surface area contributed by atoms with Crippen molar-refractivity contribution >= 4 is 22.9 Å². The van der Waals surface area contributed by atoms with E-state index in [0.717, 1.165) is 17.0 Å². The fourth-order valence-corrected chi connectivity index (χ4v) is 3.70. The molecule has 3 aromatic rings. The van der Waals surface area contributed by atoms with Crippen molar-refractivity contribution < 1.29 is 4.79 Å². The Kier molecular flexibility index (Phi) is 3.28. The van der Waals surface area contributed by atoms with Gasteiger partial charge in [0.05, 0.1) is 6.42 Å². The minimum atomic E-state index is 0.0397. The molecule has 0 saturated carbocycles. The fraction of sp³-hybridized carbons (Fsp3) is 0.105. The number of benzene rings is 2. The van der Waals surface area contributed by atoms with Gasteiger partial charge >= 0.3 is 0 Å². The van der Waals surface area contributed by atoms with Gasteiger partial charge in [-0.05, 0) is 52.3 Å². The largest absolute Gasteiger partial charge is 0.326 e. The standard InChI is InChI=1S/C19H15NOS/c21-19(12-16-5-3-9-22-16)20-15-7-8-18-14(11-15)10-13-4-1-2-6-17(13)18/h1-9,11H,10,12H2,(H,20,21). The van der Waals surface area contributed by atoms with Gasteiger partial charge in [-0.1, -0.05) is 36.4 Å². The van der Waals surface area contributed by atoms with E-state index in [1.807, 2.05) is 23.6 Å². The Hall–Kier alpha value is -2.39. The minimum absolute atomic E-state index is 0.0397. The molecule has 0 saturated heterocycles. The zero-order chi connectivity index (χ0) is 14.9. The maximum absolute atomic E-state index is 12.1. The SMILES string of the molecule is O=C(Cc1cccs1)Nc1ccc2c(c1)Cc1ccccc1-2. The van der Waals surface area contributed by atoms with Gasteiger partial charge in [0.2, 0.25) is 5.91 Å². The zero-order valence-corrected chi connectivity index (χ0v) is 12.8. The van der Waals surface area contributed by atoms with Gasteiger partial charge in [0.15, 0.2) is 0 Å². The third kappa shape index (κ3) is 2.44. The quantitative estimate of drug-likeness (QED) is 0.593. The van der Waals surface area contributed by atoms with Crippen LogP contribution in [0.15, 0.2) is 60.0 Å². The van der Waals surface area contributed by atoms with Gasteiger partial charge in [-0.3, -0.25) is 4.79 Å². The van der Waals surface area contributed by atoms with Gasteiger partial charge in [0.1, 0.15) is 0 Å². The molecule has 1 aromatic heterocycles. The molecular weight excluding hydrogens is 290 g/mol. The smallest absolute Gasteiger partial charge is 0.229 e. The Balaban J connectivity index is 1.53. The van der Waals surface area contributed by atoms with Gasteiger partial charge in [-0.25, -0.2) is 0 Å². The molecule has 0 atom stereocenters. The van der Waals surface area contributed by atoms with Crippen LogP contribution in [0.4, 0.5) is 5.69 Å². The lowest BCUT2D eigenvalue weighted by Gasteiger charge is -2.07. The van der Waals surface area contributed by atoms with Crippen molar-refractivity contribution in [3.63, 3.8) is 0 Å². The second kappa shape index (κ2) is 5.43. The number of fused-ring (bicyclic) bond motifs is 3. The molecule has 1 heterocycles. The number of rotatable bonds is 3. The van der Waals surface area contributed by atoms with Crippen molar-refractivity contribution in [2.24, 2.45) is 0 Å². The maximum Gasteiger partial charge on any atom is 0.229 e. The van der Waals surface area contributed by atoms with Gasteiger partial charge in [0, 0.05) is 10.6 Å². The number of nitrogens with one attached hydrogen (secondary N) is 1. The highest BCUT2D eigenvalue weighted by atomic mass is 32.1. The van der Waals surface area contributed by atoms with Crippen molar-refractivity contribution in [1.82, 2.24) is 0 Å². The Morgan fingerprint density at radius 1 is 1.00 bits per heavy atom. The fourth-order valence-electron chi connectivity index (χ4n) is 3.00. The zero-order valence-electron chi connectivity index (χ0n) is 12.0. The summed E-state index contributed by atoms with van der Waals surface area (Å²) in [4.78, 5) is 13.2. The van der Waals surface area contributed by atoms with Crippen molar-refractivity contribution in [3.05, 3.63) is 76.0 Å². The Morgan fingerprint density at radius 2 is 1.86 bits per heavy atom. The topological polar surface area (TPSA) is 29.1 Å². The lowest BCUT2D eigenvalue weighted by molar-refractivity contribution is -0.115. The van der Waals surface area contributed by atoms with Crippen LogP contribution in [0.1, 0.15) is 16.0 Å². The van der Waals surface area contributed by atoms with Crippen LogP contribution in [-0.4, -0.2) is 5.91 Å². The molecule has 1 N–H and O–H groups in total. The molecule has 0 bridgehead atoms. The van der Waals surface area contributed by atoms with Crippen LogP contribution in [0.3, 0.4) is 0 Å². The van der Waals surface area contributed by atoms with E-state index in [1.165, 1.54) is 22.3 Å². The highest BCUT2D eigenvalue weighted by Gasteiger charge is 2.18. The second-order valence-electron chi connectivity index (χ2n) is 5.51. The number of anilines is 1. The summed E-state index contributed by atoms with van der Waals surface area (Å²) >= 11 is 1.61. The lowest BCUT2D eigenvalue weighted by Crippen LogP contribution is -2.13. The van der Waals surface area contributed by atoms with Gasteiger partial charge in [-0.15, -0.1) is 11.3 Å². The van der Waals surface area contributed by atoms with Crippen LogP contribution in [0.5, 0.6) is 0 Å². The molecule has 108 valence electrons. The lowest BCUT2D eigenvalue weighted by atomic mass is 10.1. The molecule has 3 heteroatoms. The molecule has 0 radical (unpaired) electrons. The molecule has 4 rings (SSSR count). The van der Waals surface area contributed by atoms with E-state index in [2.05, 4.69) is 41.7 Å². The highest BCUT2D eigenvalue weighted by molar-refractivity contribution is 7.10. The number of carbonyl (C=O) groups excluding carboxylic acids is 1. The number of hydrogen-bond donors (Lipinski definition) is 1. The number of carbonyl (C=O) groups is 1. The first-order valence-corrected chi connectivity index (χ1v) is 8.21. The van der Waals surface area contributed by atoms with Crippen molar-refractivity contribution in [1.29, 1.82) is 0 Å². The van der Waals surface area contributed by atoms with E-state index in [-0.39, 0.29) is 5.91 Å². The predicted octanol–water partition coefficient (Wildman–Crippen LogP) is 4.50. The summed E-state index contributed by atoms with van der Waals surface area (Å²) in [5.41, 5.74) is 6.13. The third-order valence-corrected chi connectivity index (χ3v) is 4.87. The molecule has 22 heavy (non-hydrogen) atoms. The van der Waals surface area contributed by atoms with Crippen LogP contribution in [0, 0.1) is 0 Å². The molecule has 1 aliphatic carbocycles. The highest BCUT2D eigenvalue weighted by Crippen LogP contribution is 2.37. The first kappa shape index (κ1) is 13.3. The molecule has 0 unspecified atom stereocenters. The molecule has 2 aromatic carbocycles. The summed E-state index contributed by atoms with van der Waals surface area (Å²) in [6.07, 6.45) is 1.38. The number of amides is 1. The van der Waals surface area contributed by atoms with E-state index < -0.39 is 0 Å². The molecular formula is C19H15NOS. The summed E-state index contributed by atoms with van der Waals surface area (Å²) in [6, 6.07) is 18.7. The summed E-state index contributed by atoms with van der Waals surface area (Å²) in [5.74, 6) is 0.0397. The predicted molar refractivity (Wildman–Crippen MR) is 91.3 cm³/mol. The first-order chi connectivity index (χ1) is 10.8. The first-order valence-electron chi connectivity index (χ1n) is 7.33. The van der Waals surface area contributed by atoms with Gasteiger partial charge < -0.3 is 5.32 Å². The van der Waals surface area contributed by atoms with E-state index >= 15 is 0 Å².